The molecule has 0 amide bonds. The second kappa shape index (κ2) is 6.83. The first-order valence-electron chi connectivity index (χ1n) is 6.89. The highest BCUT2D eigenvalue weighted by Gasteiger charge is 2.15. The topological polar surface area (TPSA) is 24.9 Å². The minimum atomic E-state index is 0.389. The molecular formula is C16H22N2S. The van der Waals surface area contributed by atoms with Gasteiger partial charge in [-0.1, -0.05) is 25.1 Å². The molecule has 102 valence electrons. The fourth-order valence-electron chi connectivity index (χ4n) is 2.31. The van der Waals surface area contributed by atoms with Gasteiger partial charge in [-0.3, -0.25) is 4.98 Å². The van der Waals surface area contributed by atoms with Gasteiger partial charge < -0.3 is 5.32 Å². The van der Waals surface area contributed by atoms with Crippen molar-refractivity contribution in [1.82, 2.24) is 10.3 Å². The Balaban J connectivity index is 2.23. The van der Waals surface area contributed by atoms with Gasteiger partial charge in [0.05, 0.1) is 5.51 Å². The van der Waals surface area contributed by atoms with Crippen LogP contribution < -0.4 is 5.32 Å². The van der Waals surface area contributed by atoms with E-state index in [4.69, 9.17) is 0 Å². The summed E-state index contributed by atoms with van der Waals surface area (Å²) in [5, 5.41) is 3.67. The van der Waals surface area contributed by atoms with Gasteiger partial charge in [0.1, 0.15) is 0 Å². The number of aryl methyl sites for hydroxylation is 1. The maximum absolute atomic E-state index is 4.18. The standard InChI is InChI=1S/C16H22N2S/c1-4-8-18-16(9-14-10-17-11-19-14)15-7-5-6-12(2)13(15)3/h5-7,10-11,16,18H,4,8-9H2,1-3H3. The SMILES string of the molecule is CCCNC(Cc1cncs1)c1cccc(C)c1C. The summed E-state index contributed by atoms with van der Waals surface area (Å²) in [5.41, 5.74) is 6.10. The molecule has 0 spiro atoms. The fourth-order valence-corrected chi connectivity index (χ4v) is 2.95. The van der Waals surface area contributed by atoms with Crippen LogP contribution in [0.3, 0.4) is 0 Å². The Labute approximate surface area is 119 Å². The highest BCUT2D eigenvalue weighted by Crippen LogP contribution is 2.25. The van der Waals surface area contributed by atoms with E-state index >= 15 is 0 Å². The van der Waals surface area contributed by atoms with E-state index in [2.05, 4.69) is 49.3 Å². The predicted octanol–water partition coefficient (Wildman–Crippen LogP) is 4.04. The van der Waals surface area contributed by atoms with Crippen molar-refractivity contribution in [1.29, 1.82) is 0 Å². The first-order valence-corrected chi connectivity index (χ1v) is 7.77. The number of aromatic nitrogens is 1. The van der Waals surface area contributed by atoms with Crippen molar-refractivity contribution in [3.63, 3.8) is 0 Å². The lowest BCUT2D eigenvalue weighted by atomic mass is 9.95. The van der Waals surface area contributed by atoms with Gasteiger partial charge in [-0.15, -0.1) is 11.3 Å². The van der Waals surface area contributed by atoms with E-state index in [1.54, 1.807) is 11.3 Å². The Kier molecular flexibility index (Phi) is 5.11. The van der Waals surface area contributed by atoms with Crippen LogP contribution in [0.4, 0.5) is 0 Å². The molecule has 3 heteroatoms. The summed E-state index contributed by atoms with van der Waals surface area (Å²) in [6.07, 6.45) is 4.16. The Bertz CT molecular complexity index is 505. The van der Waals surface area contributed by atoms with Crippen LogP contribution in [0.1, 0.15) is 41.0 Å². The lowest BCUT2D eigenvalue weighted by Gasteiger charge is -2.21. The number of benzene rings is 1. The van der Waals surface area contributed by atoms with E-state index in [-0.39, 0.29) is 0 Å². The molecule has 1 aromatic carbocycles. The van der Waals surface area contributed by atoms with E-state index in [1.807, 2.05) is 11.7 Å². The summed E-state index contributed by atoms with van der Waals surface area (Å²) < 4.78 is 0. The van der Waals surface area contributed by atoms with Crippen LogP contribution in [0, 0.1) is 13.8 Å². The van der Waals surface area contributed by atoms with E-state index in [0.717, 1.165) is 19.4 Å². The molecule has 1 heterocycles. The second-order valence-corrected chi connectivity index (χ2v) is 5.94. The molecule has 0 aliphatic carbocycles. The maximum atomic E-state index is 4.18. The number of hydrogen-bond donors (Lipinski definition) is 1. The van der Waals surface area contributed by atoms with E-state index in [1.165, 1.54) is 21.6 Å². The van der Waals surface area contributed by atoms with Crippen molar-refractivity contribution < 1.29 is 0 Å². The van der Waals surface area contributed by atoms with Crippen LogP contribution in [0.15, 0.2) is 29.9 Å². The minimum Gasteiger partial charge on any atom is -0.310 e. The van der Waals surface area contributed by atoms with Gasteiger partial charge in [-0.05, 0) is 43.5 Å². The monoisotopic (exact) mass is 274 g/mol. The van der Waals surface area contributed by atoms with Crippen molar-refractivity contribution in [3.8, 4) is 0 Å². The number of nitrogens with zero attached hydrogens (tertiary/aromatic N) is 1. The Morgan fingerprint density at radius 1 is 1.32 bits per heavy atom. The summed E-state index contributed by atoms with van der Waals surface area (Å²) in [4.78, 5) is 5.52. The van der Waals surface area contributed by atoms with Crippen molar-refractivity contribution >= 4 is 11.3 Å². The summed E-state index contributed by atoms with van der Waals surface area (Å²) in [7, 11) is 0. The van der Waals surface area contributed by atoms with Crippen molar-refractivity contribution in [3.05, 3.63) is 51.5 Å². The zero-order valence-corrected chi connectivity index (χ0v) is 12.8. The zero-order chi connectivity index (χ0) is 13.7. The highest BCUT2D eigenvalue weighted by molar-refractivity contribution is 7.09. The smallest absolute Gasteiger partial charge is 0.0794 e. The molecule has 0 bridgehead atoms. The van der Waals surface area contributed by atoms with Crippen LogP contribution >= 0.6 is 11.3 Å². The number of rotatable bonds is 6. The summed E-state index contributed by atoms with van der Waals surface area (Å²) >= 11 is 1.74. The molecule has 1 atom stereocenters. The molecule has 2 rings (SSSR count). The molecule has 0 aliphatic heterocycles. The number of hydrogen-bond acceptors (Lipinski definition) is 3. The van der Waals surface area contributed by atoms with E-state index in [9.17, 15) is 0 Å². The number of thiazole rings is 1. The third-order valence-electron chi connectivity index (χ3n) is 3.55. The Morgan fingerprint density at radius 3 is 2.84 bits per heavy atom. The molecule has 0 aliphatic rings. The highest BCUT2D eigenvalue weighted by atomic mass is 32.1. The van der Waals surface area contributed by atoms with Gasteiger partial charge in [0, 0.05) is 23.5 Å². The van der Waals surface area contributed by atoms with Crippen molar-refractivity contribution in [2.24, 2.45) is 0 Å². The average Bonchev–Trinajstić information content (AvgIpc) is 2.91. The van der Waals surface area contributed by atoms with Gasteiger partial charge in [-0.2, -0.15) is 0 Å². The zero-order valence-electron chi connectivity index (χ0n) is 11.9. The van der Waals surface area contributed by atoms with Crippen molar-refractivity contribution in [2.45, 2.75) is 39.7 Å². The molecule has 19 heavy (non-hydrogen) atoms. The van der Waals surface area contributed by atoms with Crippen LogP contribution in [0.2, 0.25) is 0 Å². The molecule has 0 fully saturated rings. The predicted molar refractivity (Wildman–Crippen MR) is 82.8 cm³/mol. The quantitative estimate of drug-likeness (QED) is 0.860. The number of nitrogens with one attached hydrogen (secondary N) is 1. The summed E-state index contributed by atoms with van der Waals surface area (Å²) in [6, 6.07) is 6.98. The van der Waals surface area contributed by atoms with Gasteiger partial charge in [0.25, 0.3) is 0 Å². The largest absolute Gasteiger partial charge is 0.310 e. The average molecular weight is 274 g/mol. The maximum Gasteiger partial charge on any atom is 0.0794 e. The lowest BCUT2D eigenvalue weighted by Crippen LogP contribution is -2.24. The second-order valence-electron chi connectivity index (χ2n) is 4.97. The Morgan fingerprint density at radius 2 is 2.16 bits per heavy atom. The van der Waals surface area contributed by atoms with E-state index in [0.29, 0.717) is 6.04 Å². The first-order chi connectivity index (χ1) is 9.22. The third-order valence-corrected chi connectivity index (χ3v) is 4.35. The van der Waals surface area contributed by atoms with Crippen LogP contribution in [-0.2, 0) is 6.42 Å². The Hall–Kier alpha value is -1.19. The summed E-state index contributed by atoms with van der Waals surface area (Å²) in [5.74, 6) is 0. The molecular weight excluding hydrogens is 252 g/mol. The molecule has 1 N–H and O–H groups in total. The van der Waals surface area contributed by atoms with Crippen LogP contribution in [0.5, 0.6) is 0 Å². The fraction of sp³-hybridized carbons (Fsp3) is 0.438. The van der Waals surface area contributed by atoms with Crippen LogP contribution in [0.25, 0.3) is 0 Å². The normalized spacial score (nSPS) is 12.6. The molecule has 0 saturated heterocycles. The van der Waals surface area contributed by atoms with Gasteiger partial charge in [0.15, 0.2) is 0 Å². The third kappa shape index (κ3) is 3.64. The molecule has 1 aromatic heterocycles. The molecule has 2 nitrogen and oxygen atoms in total. The van der Waals surface area contributed by atoms with Gasteiger partial charge in [0.2, 0.25) is 0 Å². The summed E-state index contributed by atoms with van der Waals surface area (Å²) in [6.45, 7) is 7.66. The van der Waals surface area contributed by atoms with Gasteiger partial charge in [-0.25, -0.2) is 0 Å². The minimum absolute atomic E-state index is 0.389. The van der Waals surface area contributed by atoms with Crippen molar-refractivity contribution in [2.75, 3.05) is 6.54 Å². The van der Waals surface area contributed by atoms with Crippen LogP contribution in [-0.4, -0.2) is 11.5 Å². The lowest BCUT2D eigenvalue weighted by molar-refractivity contribution is 0.529. The molecule has 0 radical (unpaired) electrons. The molecule has 1 unspecified atom stereocenters. The first kappa shape index (κ1) is 14.2. The van der Waals surface area contributed by atoms with Gasteiger partial charge >= 0.3 is 0 Å². The van der Waals surface area contributed by atoms with E-state index < -0.39 is 0 Å². The molecule has 0 saturated carbocycles. The molecule has 2 aromatic rings.